The van der Waals surface area contributed by atoms with Gasteiger partial charge in [0.05, 0.1) is 11.4 Å². The number of aromatic nitrogens is 2. The molecule has 3 atom stereocenters. The van der Waals surface area contributed by atoms with Gasteiger partial charge in [-0.1, -0.05) is 18.2 Å². The van der Waals surface area contributed by atoms with Crippen molar-refractivity contribution in [3.63, 3.8) is 0 Å². The number of nitrogens with zero attached hydrogens (tertiary/aromatic N) is 2. The molecule has 3 heteroatoms. The average molecular weight is 254 g/mol. The van der Waals surface area contributed by atoms with Gasteiger partial charge in [0, 0.05) is 6.20 Å². The molecule has 3 nitrogen and oxygen atoms in total. The number of benzene rings is 1. The Bertz CT molecular complexity index is 592. The van der Waals surface area contributed by atoms with Crippen LogP contribution in [0.25, 0.3) is 5.69 Å². The molecule has 0 spiro atoms. The van der Waals surface area contributed by atoms with Crippen LogP contribution in [0.3, 0.4) is 0 Å². The van der Waals surface area contributed by atoms with Crippen LogP contribution in [0.4, 0.5) is 0 Å². The maximum Gasteiger partial charge on any atom is 0.110 e. The van der Waals surface area contributed by atoms with Gasteiger partial charge >= 0.3 is 0 Å². The van der Waals surface area contributed by atoms with Crippen molar-refractivity contribution in [3.05, 3.63) is 48.3 Å². The molecule has 4 rings (SSSR count). The Kier molecular flexibility index (Phi) is 2.33. The Balaban J connectivity index is 1.79. The van der Waals surface area contributed by atoms with Gasteiger partial charge in [-0.3, -0.25) is 0 Å². The van der Waals surface area contributed by atoms with Crippen LogP contribution in [0.1, 0.15) is 31.4 Å². The smallest absolute Gasteiger partial charge is 0.110 e. The SMILES string of the molecule is OC1(c2ccnn2-c2ccccc2)CC2CCC1C2. The van der Waals surface area contributed by atoms with E-state index < -0.39 is 5.60 Å². The van der Waals surface area contributed by atoms with Crippen LogP contribution in [-0.4, -0.2) is 14.9 Å². The van der Waals surface area contributed by atoms with E-state index in [0.717, 1.165) is 24.2 Å². The molecule has 3 unspecified atom stereocenters. The molecule has 1 aromatic carbocycles. The summed E-state index contributed by atoms with van der Waals surface area (Å²) in [6.07, 6.45) is 6.31. The second-order valence-electron chi connectivity index (χ2n) is 5.97. The predicted octanol–water partition coefficient (Wildman–Crippen LogP) is 2.88. The van der Waals surface area contributed by atoms with Crippen LogP contribution in [0.15, 0.2) is 42.6 Å². The van der Waals surface area contributed by atoms with Crippen molar-refractivity contribution in [1.82, 2.24) is 9.78 Å². The number of rotatable bonds is 2. The Labute approximate surface area is 112 Å². The van der Waals surface area contributed by atoms with Crippen LogP contribution in [0.2, 0.25) is 0 Å². The lowest BCUT2D eigenvalue weighted by molar-refractivity contribution is -0.0241. The number of hydrogen-bond acceptors (Lipinski definition) is 2. The summed E-state index contributed by atoms with van der Waals surface area (Å²) in [7, 11) is 0. The second-order valence-corrected chi connectivity index (χ2v) is 5.97. The summed E-state index contributed by atoms with van der Waals surface area (Å²) < 4.78 is 1.90. The van der Waals surface area contributed by atoms with E-state index in [4.69, 9.17) is 0 Å². The van der Waals surface area contributed by atoms with Crippen LogP contribution in [-0.2, 0) is 5.60 Å². The fourth-order valence-electron chi connectivity index (χ4n) is 4.02. The van der Waals surface area contributed by atoms with E-state index in [1.807, 2.05) is 41.1 Å². The summed E-state index contributed by atoms with van der Waals surface area (Å²) in [6, 6.07) is 12.1. The fraction of sp³-hybridized carbons (Fsp3) is 0.438. The zero-order valence-electron chi connectivity index (χ0n) is 10.9. The number of para-hydroxylation sites is 1. The maximum absolute atomic E-state index is 11.1. The molecule has 0 aliphatic heterocycles. The summed E-state index contributed by atoms with van der Waals surface area (Å²) in [6.45, 7) is 0. The lowest BCUT2D eigenvalue weighted by Gasteiger charge is -2.32. The van der Waals surface area contributed by atoms with Gasteiger partial charge in [-0.15, -0.1) is 0 Å². The van der Waals surface area contributed by atoms with Crippen molar-refractivity contribution >= 4 is 0 Å². The minimum atomic E-state index is -0.671. The molecule has 2 aromatic rings. The fourth-order valence-corrected chi connectivity index (χ4v) is 4.02. The number of aliphatic hydroxyl groups is 1. The molecule has 2 bridgehead atoms. The van der Waals surface area contributed by atoms with Gasteiger partial charge in [0.15, 0.2) is 0 Å². The zero-order chi connectivity index (χ0) is 12.9. The summed E-state index contributed by atoms with van der Waals surface area (Å²) in [4.78, 5) is 0. The first kappa shape index (κ1) is 11.2. The first-order valence-electron chi connectivity index (χ1n) is 7.10. The summed E-state index contributed by atoms with van der Waals surface area (Å²) >= 11 is 0. The summed E-state index contributed by atoms with van der Waals surface area (Å²) in [5.74, 6) is 1.12. The van der Waals surface area contributed by atoms with Crippen molar-refractivity contribution in [3.8, 4) is 5.69 Å². The summed E-state index contributed by atoms with van der Waals surface area (Å²) in [5.41, 5.74) is 1.32. The molecule has 0 amide bonds. The van der Waals surface area contributed by atoms with Gasteiger partial charge < -0.3 is 5.11 Å². The van der Waals surface area contributed by atoms with Gasteiger partial charge in [0.2, 0.25) is 0 Å². The van der Waals surface area contributed by atoms with E-state index >= 15 is 0 Å². The van der Waals surface area contributed by atoms with Gasteiger partial charge in [-0.05, 0) is 55.7 Å². The molecule has 98 valence electrons. The molecular weight excluding hydrogens is 236 g/mol. The Morgan fingerprint density at radius 2 is 2.00 bits per heavy atom. The van der Waals surface area contributed by atoms with Crippen molar-refractivity contribution < 1.29 is 5.11 Å². The first-order valence-corrected chi connectivity index (χ1v) is 7.10. The van der Waals surface area contributed by atoms with Crippen LogP contribution in [0.5, 0.6) is 0 Å². The Morgan fingerprint density at radius 3 is 2.68 bits per heavy atom. The molecule has 1 aromatic heterocycles. The highest BCUT2D eigenvalue weighted by Gasteiger charge is 2.52. The topological polar surface area (TPSA) is 38.1 Å². The molecule has 19 heavy (non-hydrogen) atoms. The largest absolute Gasteiger partial charge is 0.383 e. The monoisotopic (exact) mass is 254 g/mol. The van der Waals surface area contributed by atoms with Gasteiger partial charge in [-0.25, -0.2) is 4.68 Å². The number of hydrogen-bond donors (Lipinski definition) is 1. The third-order valence-electron chi connectivity index (χ3n) is 4.90. The van der Waals surface area contributed by atoms with Crippen molar-refractivity contribution in [2.24, 2.45) is 11.8 Å². The molecule has 1 N–H and O–H groups in total. The normalized spacial score (nSPS) is 32.9. The first-order chi connectivity index (χ1) is 9.27. The van der Waals surface area contributed by atoms with E-state index in [0.29, 0.717) is 11.8 Å². The van der Waals surface area contributed by atoms with Gasteiger partial charge in [0.25, 0.3) is 0 Å². The lowest BCUT2D eigenvalue weighted by atomic mass is 9.81. The van der Waals surface area contributed by atoms with E-state index in [-0.39, 0.29) is 0 Å². The van der Waals surface area contributed by atoms with Gasteiger partial charge in [0.1, 0.15) is 5.60 Å². The van der Waals surface area contributed by atoms with Crippen LogP contribution in [0, 0.1) is 11.8 Å². The van der Waals surface area contributed by atoms with Gasteiger partial charge in [-0.2, -0.15) is 5.10 Å². The zero-order valence-corrected chi connectivity index (χ0v) is 10.9. The highest BCUT2D eigenvalue weighted by Crippen LogP contribution is 2.55. The van der Waals surface area contributed by atoms with E-state index in [2.05, 4.69) is 5.10 Å². The van der Waals surface area contributed by atoms with Crippen molar-refractivity contribution in [2.75, 3.05) is 0 Å². The number of fused-ring (bicyclic) bond motifs is 2. The minimum absolute atomic E-state index is 0.414. The molecule has 1 heterocycles. The summed E-state index contributed by atoms with van der Waals surface area (Å²) in [5, 5.41) is 15.5. The highest BCUT2D eigenvalue weighted by molar-refractivity contribution is 5.35. The minimum Gasteiger partial charge on any atom is -0.383 e. The van der Waals surface area contributed by atoms with Crippen molar-refractivity contribution in [2.45, 2.75) is 31.3 Å². The maximum atomic E-state index is 11.1. The highest BCUT2D eigenvalue weighted by atomic mass is 16.3. The van der Waals surface area contributed by atoms with E-state index in [1.165, 1.54) is 12.8 Å². The average Bonchev–Trinajstić information content (AvgIpc) is 3.14. The molecule has 2 aliphatic carbocycles. The quantitative estimate of drug-likeness (QED) is 0.895. The molecule has 2 fully saturated rings. The molecule has 2 aliphatic rings. The third kappa shape index (κ3) is 1.58. The van der Waals surface area contributed by atoms with E-state index in [9.17, 15) is 5.11 Å². The molecular formula is C16H18N2O. The molecule has 2 saturated carbocycles. The Hall–Kier alpha value is -1.61. The standard InChI is InChI=1S/C16H18N2O/c19-16(11-12-6-7-13(16)10-12)15-8-9-17-18(15)14-4-2-1-3-5-14/h1-5,8-9,12-13,19H,6-7,10-11H2. The van der Waals surface area contributed by atoms with E-state index in [1.54, 1.807) is 6.20 Å². The second kappa shape index (κ2) is 3.94. The molecule has 0 saturated heterocycles. The van der Waals surface area contributed by atoms with Crippen molar-refractivity contribution in [1.29, 1.82) is 0 Å². The van der Waals surface area contributed by atoms with Crippen LogP contribution >= 0.6 is 0 Å². The lowest BCUT2D eigenvalue weighted by Crippen LogP contribution is -2.34. The molecule has 0 radical (unpaired) electrons. The Morgan fingerprint density at radius 1 is 1.16 bits per heavy atom. The van der Waals surface area contributed by atoms with Crippen LogP contribution < -0.4 is 0 Å². The third-order valence-corrected chi connectivity index (χ3v) is 4.90. The predicted molar refractivity (Wildman–Crippen MR) is 72.9 cm³/mol.